The van der Waals surface area contributed by atoms with Crippen molar-refractivity contribution >= 4 is 39.9 Å². The summed E-state index contributed by atoms with van der Waals surface area (Å²) < 4.78 is 14.0. The lowest BCUT2D eigenvalue weighted by atomic mass is 9.93. The molecule has 6 aromatic rings. The number of hydrogen-bond acceptors (Lipinski definition) is 6. The Hall–Kier alpha value is -5.53. The van der Waals surface area contributed by atoms with Crippen molar-refractivity contribution in [2.24, 2.45) is 4.99 Å². The average Bonchev–Trinajstić information content (AvgIpc) is 3.42. The topological polar surface area (TPSA) is 69.9 Å². The van der Waals surface area contributed by atoms with E-state index in [0.29, 0.717) is 33.0 Å². The standard InChI is InChI=1S/C39H30N2O4S/c1-2-44-38(43)34-35(28-17-8-4-9-18-28)40-39-41(36(34)29-19-10-5-11-20-29)37(42)33(46-39)24-31-30-21-13-12-16-27(30)22-23-32(31)45-25-26-14-6-3-7-15-26/h3-24,36H,2,25H2,1H3/b33-24-/t36-/m1/s1. The van der Waals surface area contributed by atoms with Gasteiger partial charge in [0, 0.05) is 11.1 Å². The molecule has 0 radical (unpaired) electrons. The van der Waals surface area contributed by atoms with Crippen LogP contribution in [0.1, 0.15) is 35.2 Å². The van der Waals surface area contributed by atoms with Crippen LogP contribution in [0.3, 0.4) is 0 Å². The molecule has 0 spiro atoms. The van der Waals surface area contributed by atoms with Crippen LogP contribution in [-0.4, -0.2) is 17.1 Å². The summed E-state index contributed by atoms with van der Waals surface area (Å²) in [6.45, 7) is 2.36. The van der Waals surface area contributed by atoms with E-state index >= 15 is 0 Å². The summed E-state index contributed by atoms with van der Waals surface area (Å²) >= 11 is 1.30. The maximum Gasteiger partial charge on any atom is 0.338 e. The van der Waals surface area contributed by atoms with Gasteiger partial charge in [-0.1, -0.05) is 133 Å². The first kappa shape index (κ1) is 29.2. The van der Waals surface area contributed by atoms with Crippen LogP contribution >= 0.6 is 11.3 Å². The van der Waals surface area contributed by atoms with E-state index in [4.69, 9.17) is 14.5 Å². The van der Waals surface area contributed by atoms with E-state index in [0.717, 1.165) is 33.0 Å². The van der Waals surface area contributed by atoms with Gasteiger partial charge in [-0.2, -0.15) is 0 Å². The molecule has 0 saturated heterocycles. The molecule has 1 aliphatic heterocycles. The van der Waals surface area contributed by atoms with Crippen LogP contribution in [0.5, 0.6) is 5.75 Å². The van der Waals surface area contributed by atoms with Crippen molar-refractivity contribution in [2.45, 2.75) is 19.6 Å². The molecular weight excluding hydrogens is 593 g/mol. The summed E-state index contributed by atoms with van der Waals surface area (Å²) in [4.78, 5) is 33.6. The first-order chi connectivity index (χ1) is 22.6. The van der Waals surface area contributed by atoms with Crippen molar-refractivity contribution in [3.8, 4) is 5.75 Å². The molecule has 1 atom stereocenters. The highest BCUT2D eigenvalue weighted by Crippen LogP contribution is 2.35. The normalized spacial score (nSPS) is 14.5. The van der Waals surface area contributed by atoms with Gasteiger partial charge in [0.05, 0.1) is 28.5 Å². The molecule has 0 unspecified atom stereocenters. The fraction of sp³-hybridized carbons (Fsp3) is 0.103. The molecule has 7 heteroatoms. The fourth-order valence-corrected chi connectivity index (χ4v) is 6.79. The van der Waals surface area contributed by atoms with Gasteiger partial charge in [-0.05, 0) is 41.0 Å². The van der Waals surface area contributed by atoms with Gasteiger partial charge in [0.2, 0.25) is 0 Å². The number of benzene rings is 5. The van der Waals surface area contributed by atoms with E-state index < -0.39 is 12.0 Å². The van der Waals surface area contributed by atoms with Gasteiger partial charge >= 0.3 is 5.97 Å². The van der Waals surface area contributed by atoms with Crippen molar-refractivity contribution in [3.05, 3.63) is 175 Å². The third-order valence-corrected chi connectivity index (χ3v) is 8.92. The number of hydrogen-bond donors (Lipinski definition) is 0. The summed E-state index contributed by atoms with van der Waals surface area (Å²) in [6, 6.07) is 40.4. The summed E-state index contributed by atoms with van der Waals surface area (Å²) in [7, 11) is 0. The van der Waals surface area contributed by atoms with Crippen molar-refractivity contribution in [1.82, 2.24) is 4.57 Å². The minimum Gasteiger partial charge on any atom is -0.488 e. The summed E-state index contributed by atoms with van der Waals surface area (Å²) in [6.07, 6.45) is 1.89. The van der Waals surface area contributed by atoms with Gasteiger partial charge in [-0.15, -0.1) is 0 Å². The van der Waals surface area contributed by atoms with Gasteiger partial charge in [0.15, 0.2) is 4.80 Å². The molecule has 0 bridgehead atoms. The molecule has 0 N–H and O–H groups in total. The molecule has 1 aliphatic rings. The Labute approximate surface area is 269 Å². The second kappa shape index (κ2) is 12.8. The van der Waals surface area contributed by atoms with Crippen LogP contribution in [0.4, 0.5) is 0 Å². The molecule has 5 aromatic carbocycles. The molecule has 0 fully saturated rings. The van der Waals surface area contributed by atoms with Gasteiger partial charge in [-0.25, -0.2) is 9.79 Å². The van der Waals surface area contributed by atoms with E-state index in [2.05, 4.69) is 0 Å². The third kappa shape index (κ3) is 5.57. The van der Waals surface area contributed by atoms with E-state index in [-0.39, 0.29) is 12.2 Å². The predicted octanol–water partition coefficient (Wildman–Crippen LogP) is 6.67. The molecule has 226 valence electrons. The molecule has 1 aromatic heterocycles. The van der Waals surface area contributed by atoms with Crippen LogP contribution < -0.4 is 19.6 Å². The Bertz CT molecular complexity index is 2260. The number of fused-ring (bicyclic) bond motifs is 2. The van der Waals surface area contributed by atoms with Gasteiger partial charge in [0.1, 0.15) is 12.4 Å². The maximum absolute atomic E-state index is 14.5. The number of rotatable bonds is 8. The summed E-state index contributed by atoms with van der Waals surface area (Å²) in [5, 5.41) is 2.00. The second-order valence-corrected chi connectivity index (χ2v) is 11.8. The molecule has 6 nitrogen and oxygen atoms in total. The Kier molecular flexibility index (Phi) is 8.14. The maximum atomic E-state index is 14.5. The van der Waals surface area contributed by atoms with Gasteiger partial charge < -0.3 is 9.47 Å². The van der Waals surface area contributed by atoms with Crippen LogP contribution in [0.2, 0.25) is 0 Å². The van der Waals surface area contributed by atoms with E-state index in [1.165, 1.54) is 11.3 Å². The number of aromatic nitrogens is 1. The molecule has 0 aliphatic carbocycles. The Morgan fingerprint density at radius 3 is 2.26 bits per heavy atom. The van der Waals surface area contributed by atoms with Crippen LogP contribution in [0.15, 0.2) is 143 Å². The molecule has 46 heavy (non-hydrogen) atoms. The quantitative estimate of drug-likeness (QED) is 0.178. The Balaban J connectivity index is 1.46. The Morgan fingerprint density at radius 2 is 1.52 bits per heavy atom. The Morgan fingerprint density at radius 1 is 0.848 bits per heavy atom. The number of thiazole rings is 1. The average molecular weight is 623 g/mol. The van der Waals surface area contributed by atoms with Crippen molar-refractivity contribution in [2.75, 3.05) is 6.61 Å². The molecular formula is C39H30N2O4S. The lowest BCUT2D eigenvalue weighted by Gasteiger charge is -2.25. The lowest BCUT2D eigenvalue weighted by Crippen LogP contribution is -2.40. The van der Waals surface area contributed by atoms with E-state index in [9.17, 15) is 9.59 Å². The smallest absolute Gasteiger partial charge is 0.338 e. The van der Waals surface area contributed by atoms with E-state index in [1.807, 2.05) is 133 Å². The van der Waals surface area contributed by atoms with Crippen LogP contribution in [0, 0.1) is 0 Å². The minimum atomic E-state index is -0.727. The summed E-state index contributed by atoms with van der Waals surface area (Å²) in [5.41, 5.74) is 4.00. The second-order valence-electron chi connectivity index (χ2n) is 10.8. The number of carbonyl (C=O) groups is 1. The number of nitrogens with zero attached hydrogens (tertiary/aromatic N) is 2. The number of ether oxygens (including phenoxy) is 2. The van der Waals surface area contributed by atoms with Crippen molar-refractivity contribution in [1.29, 1.82) is 0 Å². The summed E-state index contributed by atoms with van der Waals surface area (Å²) in [5.74, 6) is 0.170. The highest BCUT2D eigenvalue weighted by molar-refractivity contribution is 7.07. The molecule has 0 amide bonds. The van der Waals surface area contributed by atoms with Gasteiger partial charge in [0.25, 0.3) is 5.56 Å². The van der Waals surface area contributed by atoms with Gasteiger partial charge in [-0.3, -0.25) is 9.36 Å². The highest BCUT2D eigenvalue weighted by atomic mass is 32.1. The SMILES string of the molecule is CCOC(=O)C1=C(c2ccccc2)N=c2s/c(=C\c3c(OCc4ccccc4)ccc4ccccc34)c(=O)n2[C@@H]1c1ccccc1. The predicted molar refractivity (Wildman–Crippen MR) is 182 cm³/mol. The lowest BCUT2D eigenvalue weighted by molar-refractivity contribution is -0.138. The monoisotopic (exact) mass is 622 g/mol. The zero-order chi connectivity index (χ0) is 31.5. The molecule has 7 rings (SSSR count). The zero-order valence-corrected chi connectivity index (χ0v) is 25.9. The van der Waals surface area contributed by atoms with Crippen LogP contribution in [0.25, 0.3) is 22.5 Å². The fourth-order valence-electron chi connectivity index (χ4n) is 5.81. The molecule has 2 heterocycles. The van der Waals surface area contributed by atoms with Crippen LogP contribution in [-0.2, 0) is 16.1 Å². The third-order valence-electron chi connectivity index (χ3n) is 7.93. The largest absolute Gasteiger partial charge is 0.488 e. The minimum absolute atomic E-state index is 0.198. The first-order valence-electron chi connectivity index (χ1n) is 15.1. The molecule has 0 saturated carbocycles. The number of esters is 1. The first-order valence-corrected chi connectivity index (χ1v) is 16.0. The number of carbonyl (C=O) groups excluding carboxylic acids is 1. The zero-order valence-electron chi connectivity index (χ0n) is 25.1. The van der Waals surface area contributed by atoms with E-state index in [1.54, 1.807) is 11.5 Å². The highest BCUT2D eigenvalue weighted by Gasteiger charge is 2.35. The van der Waals surface area contributed by atoms with Crippen molar-refractivity contribution in [3.63, 3.8) is 0 Å². The van der Waals surface area contributed by atoms with Crippen molar-refractivity contribution < 1.29 is 14.3 Å².